The molecular formula is C17H19F4O8S-. The van der Waals surface area contributed by atoms with E-state index in [-0.39, 0.29) is 29.3 Å². The molecule has 0 N–H and O–H groups in total. The van der Waals surface area contributed by atoms with Gasteiger partial charge in [0, 0.05) is 24.7 Å². The van der Waals surface area contributed by atoms with Crippen molar-refractivity contribution in [3.63, 3.8) is 0 Å². The van der Waals surface area contributed by atoms with Crippen molar-refractivity contribution in [2.45, 2.75) is 49.1 Å². The molecule has 3 rings (SSSR count). The monoisotopic (exact) mass is 459 g/mol. The number of halogens is 4. The van der Waals surface area contributed by atoms with Gasteiger partial charge in [-0.2, -0.15) is 17.6 Å². The van der Waals surface area contributed by atoms with Crippen molar-refractivity contribution in [1.82, 2.24) is 0 Å². The fourth-order valence-corrected chi connectivity index (χ4v) is 4.81. The number of rotatable bonds is 9. The van der Waals surface area contributed by atoms with Crippen molar-refractivity contribution < 1.29 is 54.3 Å². The predicted octanol–water partition coefficient (Wildman–Crippen LogP) is 1.61. The molecule has 0 aromatic carbocycles. The van der Waals surface area contributed by atoms with Crippen LogP contribution in [-0.2, 0) is 33.9 Å². The third-order valence-corrected chi connectivity index (χ3v) is 6.73. The van der Waals surface area contributed by atoms with Gasteiger partial charge in [0.2, 0.25) is 0 Å². The highest BCUT2D eigenvalue weighted by molar-refractivity contribution is 7.86. The third kappa shape index (κ3) is 4.06. The van der Waals surface area contributed by atoms with Gasteiger partial charge in [0.1, 0.15) is 12.2 Å². The molecule has 2 bridgehead atoms. The van der Waals surface area contributed by atoms with Crippen molar-refractivity contribution in [3.05, 3.63) is 12.2 Å². The molecule has 0 aromatic rings. The molecule has 0 spiro atoms. The van der Waals surface area contributed by atoms with Crippen LogP contribution in [0.3, 0.4) is 0 Å². The van der Waals surface area contributed by atoms with E-state index in [9.17, 15) is 40.1 Å². The van der Waals surface area contributed by atoms with Crippen molar-refractivity contribution in [2.24, 2.45) is 17.8 Å². The summed E-state index contributed by atoms with van der Waals surface area (Å²) in [6, 6.07) is 0. The Morgan fingerprint density at radius 2 is 1.90 bits per heavy atom. The molecule has 5 unspecified atom stereocenters. The van der Waals surface area contributed by atoms with E-state index in [0.29, 0.717) is 6.42 Å². The molecule has 1 aliphatic heterocycles. The van der Waals surface area contributed by atoms with Gasteiger partial charge in [-0.05, 0) is 18.8 Å². The molecule has 8 nitrogen and oxygen atoms in total. The molecule has 3 aliphatic rings. The Balaban J connectivity index is 1.46. The van der Waals surface area contributed by atoms with Gasteiger partial charge in [0.05, 0.1) is 18.8 Å². The summed E-state index contributed by atoms with van der Waals surface area (Å²) in [7, 11) is -6.57. The minimum Gasteiger partial charge on any atom is -0.743 e. The van der Waals surface area contributed by atoms with Gasteiger partial charge in [0.25, 0.3) is 0 Å². The lowest BCUT2D eigenvalue weighted by Crippen LogP contribution is -2.47. The summed E-state index contributed by atoms with van der Waals surface area (Å²) in [5, 5.41) is -5.80. The zero-order valence-electron chi connectivity index (χ0n) is 15.5. The molecule has 0 radical (unpaired) electrons. The van der Waals surface area contributed by atoms with E-state index >= 15 is 0 Å². The molecule has 0 aromatic heterocycles. The van der Waals surface area contributed by atoms with Crippen LogP contribution in [0.25, 0.3) is 0 Å². The molecule has 1 heterocycles. The van der Waals surface area contributed by atoms with E-state index in [1.54, 1.807) is 0 Å². The highest BCUT2D eigenvalue weighted by Crippen LogP contribution is 2.54. The van der Waals surface area contributed by atoms with Gasteiger partial charge < -0.3 is 18.8 Å². The SMILES string of the molecule is C=C(COCCC(F)(F)C(F)(F)S(=O)(=O)[O-])C(=O)OC1C2CC3CC(=O)OC1C3C2. The summed E-state index contributed by atoms with van der Waals surface area (Å²) in [6.45, 7) is 1.68. The van der Waals surface area contributed by atoms with Crippen LogP contribution in [0.2, 0.25) is 0 Å². The number of alkyl halides is 4. The van der Waals surface area contributed by atoms with Crippen molar-refractivity contribution >= 4 is 22.1 Å². The van der Waals surface area contributed by atoms with Gasteiger partial charge in [-0.15, -0.1) is 0 Å². The van der Waals surface area contributed by atoms with Crippen LogP contribution in [0.1, 0.15) is 25.7 Å². The first-order valence-electron chi connectivity index (χ1n) is 9.11. The van der Waals surface area contributed by atoms with Crippen LogP contribution in [0.4, 0.5) is 17.6 Å². The standard InChI is InChI=1S/C17H20F4O8S/c1-8(7-27-3-2-16(18,19)17(20,21)30(24,25)26)15(23)29-13-10-4-9-6-12(22)28-14(13)11(9)5-10/h9-11,13-14H,1-7H2,(H,24,25,26)/p-1. The molecule has 1 saturated heterocycles. The average molecular weight is 459 g/mol. The Hall–Kier alpha value is -1.73. The Morgan fingerprint density at radius 1 is 1.23 bits per heavy atom. The smallest absolute Gasteiger partial charge is 0.396 e. The topological polar surface area (TPSA) is 119 Å². The van der Waals surface area contributed by atoms with Crippen LogP contribution in [0.15, 0.2) is 12.2 Å². The molecule has 0 amide bonds. The van der Waals surface area contributed by atoms with Gasteiger partial charge in [-0.25, -0.2) is 13.2 Å². The Bertz CT molecular complexity index is 843. The first-order valence-corrected chi connectivity index (χ1v) is 10.5. The average Bonchev–Trinajstić information content (AvgIpc) is 3.17. The minimum atomic E-state index is -6.57. The number of esters is 2. The largest absolute Gasteiger partial charge is 0.743 e. The second-order valence-electron chi connectivity index (χ2n) is 7.77. The van der Waals surface area contributed by atoms with E-state index in [0.717, 1.165) is 12.8 Å². The number of fused-ring (bicyclic) bond motifs is 1. The van der Waals surface area contributed by atoms with Gasteiger partial charge in [0.15, 0.2) is 10.1 Å². The van der Waals surface area contributed by atoms with Crippen LogP contribution in [0, 0.1) is 17.8 Å². The fourth-order valence-electron chi connectivity index (χ4n) is 4.34. The van der Waals surface area contributed by atoms with E-state index in [1.165, 1.54) is 0 Å². The van der Waals surface area contributed by atoms with Gasteiger partial charge >= 0.3 is 23.1 Å². The highest BCUT2D eigenvalue weighted by Gasteiger charge is 2.61. The van der Waals surface area contributed by atoms with Crippen LogP contribution in [-0.4, -0.2) is 61.5 Å². The summed E-state index contributed by atoms with van der Waals surface area (Å²) in [5.41, 5.74) is -0.289. The molecule has 2 aliphatic carbocycles. The van der Waals surface area contributed by atoms with Crippen LogP contribution < -0.4 is 0 Å². The Morgan fingerprint density at radius 3 is 2.53 bits per heavy atom. The molecule has 13 heteroatoms. The number of hydrogen-bond acceptors (Lipinski definition) is 8. The van der Waals surface area contributed by atoms with Crippen molar-refractivity contribution in [1.29, 1.82) is 0 Å². The molecule has 3 fully saturated rings. The zero-order valence-corrected chi connectivity index (χ0v) is 16.3. The number of carbonyl (C=O) groups is 2. The quantitative estimate of drug-likeness (QED) is 0.168. The molecule has 5 atom stereocenters. The maximum absolute atomic E-state index is 13.3. The molecule has 30 heavy (non-hydrogen) atoms. The fraction of sp³-hybridized carbons (Fsp3) is 0.765. The lowest BCUT2D eigenvalue weighted by molar-refractivity contribution is -0.183. The van der Waals surface area contributed by atoms with E-state index in [4.69, 9.17) is 9.47 Å². The lowest BCUT2D eigenvalue weighted by Gasteiger charge is -2.38. The van der Waals surface area contributed by atoms with Crippen molar-refractivity contribution in [2.75, 3.05) is 13.2 Å². The van der Waals surface area contributed by atoms with Gasteiger partial charge in [-0.3, -0.25) is 4.79 Å². The zero-order chi connectivity index (χ0) is 22.5. The lowest BCUT2D eigenvalue weighted by atomic mass is 9.81. The Kier molecular flexibility index (Phi) is 5.93. The van der Waals surface area contributed by atoms with E-state index in [2.05, 4.69) is 11.3 Å². The number of carbonyl (C=O) groups excluding carboxylic acids is 2. The first kappa shape index (κ1) is 22.9. The van der Waals surface area contributed by atoms with E-state index in [1.807, 2.05) is 0 Å². The summed E-state index contributed by atoms with van der Waals surface area (Å²) < 4.78 is 99.0. The highest BCUT2D eigenvalue weighted by atomic mass is 32.2. The third-order valence-electron chi connectivity index (χ3n) is 5.80. The first-order chi connectivity index (χ1) is 13.7. The second-order valence-corrected chi connectivity index (χ2v) is 9.19. The maximum atomic E-state index is 13.3. The summed E-state index contributed by atoms with van der Waals surface area (Å²) >= 11 is 0. The maximum Gasteiger partial charge on any atom is 0.396 e. The van der Waals surface area contributed by atoms with E-state index < -0.39 is 59.1 Å². The summed E-state index contributed by atoms with van der Waals surface area (Å²) in [5.74, 6) is -6.06. The number of hydrogen-bond donors (Lipinski definition) is 0. The second kappa shape index (κ2) is 7.75. The van der Waals surface area contributed by atoms with Crippen LogP contribution in [0.5, 0.6) is 0 Å². The normalized spacial score (nSPS) is 30.8. The summed E-state index contributed by atoms with van der Waals surface area (Å²) in [4.78, 5) is 23.8. The van der Waals surface area contributed by atoms with Crippen molar-refractivity contribution in [3.8, 4) is 0 Å². The Labute approximate surface area is 169 Å². The van der Waals surface area contributed by atoms with Gasteiger partial charge in [-0.1, -0.05) is 6.58 Å². The molecular weight excluding hydrogens is 440 g/mol. The van der Waals surface area contributed by atoms with Crippen LogP contribution >= 0.6 is 0 Å². The minimum absolute atomic E-state index is 0.0331. The number of ether oxygens (including phenoxy) is 3. The molecule has 170 valence electrons. The molecule has 2 saturated carbocycles. The predicted molar refractivity (Wildman–Crippen MR) is 88.2 cm³/mol. The summed E-state index contributed by atoms with van der Waals surface area (Å²) in [6.07, 6.45) is -1.13.